The number of cyclic esters (lactones) is 1. The van der Waals surface area contributed by atoms with Gasteiger partial charge in [-0.15, -0.1) is 0 Å². The van der Waals surface area contributed by atoms with E-state index in [0.29, 0.717) is 67.1 Å². The number of ether oxygens (including phenoxy) is 3. The molecular formula is C59H61N5O10. The lowest BCUT2D eigenvalue weighted by atomic mass is 9.65. The van der Waals surface area contributed by atoms with E-state index in [1.807, 2.05) is 77.7 Å². The number of phenolic OH excluding ortho intramolecular Hbond substituents is 1. The van der Waals surface area contributed by atoms with E-state index >= 15 is 19.2 Å². The van der Waals surface area contributed by atoms with Crippen LogP contribution in [0.2, 0.25) is 0 Å². The van der Waals surface area contributed by atoms with Crippen molar-refractivity contribution in [2.45, 2.75) is 93.7 Å². The summed E-state index contributed by atoms with van der Waals surface area (Å²) in [6.07, 6.45) is 3.58. The molecule has 382 valence electrons. The average Bonchev–Trinajstić information content (AvgIpc) is 3.83. The fourth-order valence-corrected chi connectivity index (χ4v) is 11.9. The van der Waals surface area contributed by atoms with Crippen LogP contribution in [0, 0.1) is 23.7 Å². The Labute approximate surface area is 430 Å². The molecule has 4 N–H and O–H groups in total. The van der Waals surface area contributed by atoms with Crippen LogP contribution in [0.1, 0.15) is 98.4 Å². The molecule has 1 aliphatic carbocycles. The highest BCUT2D eigenvalue weighted by molar-refractivity contribution is 6.25. The number of hydrogen-bond donors (Lipinski definition) is 4. The van der Waals surface area contributed by atoms with E-state index in [-0.39, 0.29) is 17.0 Å². The van der Waals surface area contributed by atoms with Crippen LogP contribution in [-0.2, 0) is 38.8 Å². The first-order valence-corrected chi connectivity index (χ1v) is 25.6. The van der Waals surface area contributed by atoms with Crippen LogP contribution in [0.15, 0.2) is 127 Å². The van der Waals surface area contributed by atoms with Gasteiger partial charge in [-0.1, -0.05) is 111 Å². The largest absolute Gasteiger partial charge is 0.508 e. The highest BCUT2D eigenvalue weighted by Crippen LogP contribution is 2.66. The average molecular weight is 1000 g/mol. The standard InChI is InChI=1S/C59H61N5O10/c1-37(2)48(54(67)72-3)61-57(70)63-46-27-18-38(28-31-58(71)29-12-4-5-13-30-58)36-45(46)59(56(63)69)47(53(66)60-42-21-23-43(24-22-42)62-32-34-73-35-33-62)50-55(68)74-51(40-16-10-7-11-17-40)49(39-14-8-6-9-15-39)64(50)52(59)41-19-25-44(65)26-20-41/h6-11,14-27,36-37,47-52,65,71H,4-5,12-13,29-30,32-35H2,1-3H3,(H,60,66)(H,61,70)/t47-,48+,49-,50-,51+,52+,59-/m1/s1. The van der Waals surface area contributed by atoms with Gasteiger partial charge in [0.1, 0.15) is 35.0 Å². The van der Waals surface area contributed by atoms with Crippen molar-refractivity contribution in [3.63, 3.8) is 0 Å². The Morgan fingerprint density at radius 2 is 1.43 bits per heavy atom. The van der Waals surface area contributed by atoms with Gasteiger partial charge < -0.3 is 40.0 Å². The quantitative estimate of drug-likeness (QED) is 0.0637. The number of aromatic hydroxyl groups is 1. The van der Waals surface area contributed by atoms with Gasteiger partial charge in [-0.2, -0.15) is 0 Å². The third kappa shape index (κ3) is 9.16. The molecule has 10 rings (SSSR count). The molecule has 74 heavy (non-hydrogen) atoms. The van der Waals surface area contributed by atoms with Crippen LogP contribution < -0.4 is 20.4 Å². The lowest BCUT2D eigenvalue weighted by Gasteiger charge is -2.46. The van der Waals surface area contributed by atoms with E-state index < -0.39 is 82.9 Å². The number of carbonyl (C=O) groups is 5. The van der Waals surface area contributed by atoms with Gasteiger partial charge in [-0.25, -0.2) is 14.5 Å². The second-order valence-corrected chi connectivity index (χ2v) is 20.3. The van der Waals surface area contributed by atoms with Crippen LogP contribution in [0.3, 0.4) is 0 Å². The second kappa shape index (κ2) is 20.8. The number of amides is 4. The van der Waals surface area contributed by atoms with E-state index in [0.717, 1.165) is 36.3 Å². The summed E-state index contributed by atoms with van der Waals surface area (Å²) in [5, 5.41) is 28.5. The van der Waals surface area contributed by atoms with Crippen molar-refractivity contribution in [2.75, 3.05) is 48.5 Å². The maximum Gasteiger partial charge on any atom is 0.329 e. The minimum Gasteiger partial charge on any atom is -0.508 e. The molecule has 0 unspecified atom stereocenters. The Bertz CT molecular complexity index is 2960. The van der Waals surface area contributed by atoms with Gasteiger partial charge in [0.05, 0.1) is 44.0 Å². The summed E-state index contributed by atoms with van der Waals surface area (Å²) in [5.41, 5.74) is 0.412. The van der Waals surface area contributed by atoms with Crippen molar-refractivity contribution in [2.24, 2.45) is 11.8 Å². The van der Waals surface area contributed by atoms with Crippen LogP contribution in [0.4, 0.5) is 21.9 Å². The molecule has 0 radical (unpaired) electrons. The monoisotopic (exact) mass is 999 g/mol. The number of aliphatic hydroxyl groups is 1. The third-order valence-electron chi connectivity index (χ3n) is 15.4. The van der Waals surface area contributed by atoms with Crippen LogP contribution >= 0.6 is 0 Å². The van der Waals surface area contributed by atoms with Crippen LogP contribution in [0.25, 0.3) is 0 Å². The van der Waals surface area contributed by atoms with Gasteiger partial charge in [-0.3, -0.25) is 19.3 Å². The zero-order chi connectivity index (χ0) is 51.7. The number of hydrogen-bond acceptors (Lipinski definition) is 12. The number of morpholine rings is 2. The summed E-state index contributed by atoms with van der Waals surface area (Å²) in [4.78, 5) is 81.9. The Morgan fingerprint density at radius 3 is 2.07 bits per heavy atom. The highest BCUT2D eigenvalue weighted by atomic mass is 16.6. The summed E-state index contributed by atoms with van der Waals surface area (Å²) >= 11 is 0. The van der Waals surface area contributed by atoms with Gasteiger partial charge in [0.15, 0.2) is 0 Å². The number of rotatable bonds is 9. The molecule has 3 saturated heterocycles. The lowest BCUT2D eigenvalue weighted by molar-refractivity contribution is -0.177. The van der Waals surface area contributed by atoms with Gasteiger partial charge in [-0.05, 0) is 108 Å². The van der Waals surface area contributed by atoms with Gasteiger partial charge >= 0.3 is 18.0 Å². The van der Waals surface area contributed by atoms with Crippen molar-refractivity contribution in [1.82, 2.24) is 10.2 Å². The van der Waals surface area contributed by atoms with E-state index in [9.17, 15) is 15.0 Å². The first-order chi connectivity index (χ1) is 35.8. The van der Waals surface area contributed by atoms with Crippen molar-refractivity contribution in [3.8, 4) is 17.6 Å². The van der Waals surface area contributed by atoms with E-state index in [4.69, 9.17) is 14.2 Å². The smallest absolute Gasteiger partial charge is 0.329 e. The van der Waals surface area contributed by atoms with Gasteiger partial charge in [0.25, 0.3) is 0 Å². The maximum absolute atomic E-state index is 16.8. The van der Waals surface area contributed by atoms with Crippen molar-refractivity contribution in [3.05, 3.63) is 155 Å². The Hall–Kier alpha value is -7.51. The Balaban J connectivity index is 1.23. The normalized spacial score (nSPS) is 24.7. The Kier molecular flexibility index (Phi) is 14.1. The minimum atomic E-state index is -2.15. The fraction of sp³-hybridized carbons (Fsp3) is 0.373. The summed E-state index contributed by atoms with van der Waals surface area (Å²) in [5.74, 6) is 1.15. The van der Waals surface area contributed by atoms with Gasteiger partial charge in [0, 0.05) is 30.0 Å². The molecule has 5 aromatic carbocycles. The number of anilines is 3. The first-order valence-electron chi connectivity index (χ1n) is 25.6. The molecule has 5 aromatic rings. The van der Waals surface area contributed by atoms with Crippen LogP contribution in [0.5, 0.6) is 5.75 Å². The molecule has 5 aliphatic rings. The van der Waals surface area contributed by atoms with Gasteiger partial charge in [0.2, 0.25) is 11.8 Å². The zero-order valence-corrected chi connectivity index (χ0v) is 41.7. The second-order valence-electron chi connectivity index (χ2n) is 20.3. The topological polar surface area (TPSA) is 187 Å². The Morgan fingerprint density at radius 1 is 0.784 bits per heavy atom. The summed E-state index contributed by atoms with van der Waals surface area (Å²) in [7, 11) is 1.21. The predicted molar refractivity (Wildman–Crippen MR) is 277 cm³/mol. The van der Waals surface area contributed by atoms with Crippen LogP contribution in [-0.4, -0.2) is 96.0 Å². The highest BCUT2D eigenvalue weighted by Gasteiger charge is 2.75. The number of nitrogens with one attached hydrogen (secondary N) is 2. The molecule has 0 aromatic heterocycles. The number of carbonyl (C=O) groups excluding carboxylic acids is 5. The summed E-state index contributed by atoms with van der Waals surface area (Å²) in [6.45, 7) is 6.00. The SMILES string of the molecule is COC(=O)[C@@H](NC(=O)N1C(=O)[C@@]2(c3cc(C#CC4(O)CCCCCC4)ccc31)[C@H](c1ccc(O)cc1)N1[C@H](c3ccccc3)[C@H](c3ccccc3)OC(=O)[C@H]1[C@@H]2C(=O)Nc1ccc(N2CCOCC2)cc1)C(C)C. The molecule has 1 saturated carbocycles. The summed E-state index contributed by atoms with van der Waals surface area (Å²) in [6, 6.07) is 31.6. The molecule has 15 nitrogen and oxygen atoms in total. The molecule has 4 fully saturated rings. The number of nitrogens with zero attached hydrogens (tertiary/aromatic N) is 3. The molecule has 1 spiro atoms. The number of benzene rings is 5. The number of esters is 2. The molecular weight excluding hydrogens is 939 g/mol. The number of fused-ring (bicyclic) bond motifs is 3. The third-order valence-corrected chi connectivity index (χ3v) is 15.4. The first kappa shape index (κ1) is 50.0. The molecule has 15 heteroatoms. The molecule has 4 heterocycles. The molecule has 4 amide bonds. The fourth-order valence-electron chi connectivity index (χ4n) is 11.9. The molecule has 0 bridgehead atoms. The predicted octanol–water partition coefficient (Wildman–Crippen LogP) is 7.88. The van der Waals surface area contributed by atoms with E-state index in [2.05, 4.69) is 27.4 Å². The zero-order valence-electron chi connectivity index (χ0n) is 41.7. The molecule has 7 atom stereocenters. The maximum atomic E-state index is 16.8. The lowest BCUT2D eigenvalue weighted by Crippen LogP contribution is -2.57. The number of phenols is 1. The number of urea groups is 1. The van der Waals surface area contributed by atoms with Crippen molar-refractivity contribution >= 4 is 46.8 Å². The van der Waals surface area contributed by atoms with E-state index in [1.54, 1.807) is 56.3 Å². The van der Waals surface area contributed by atoms with Crippen molar-refractivity contribution < 1.29 is 48.4 Å². The van der Waals surface area contributed by atoms with E-state index in [1.165, 1.54) is 19.2 Å². The number of methoxy groups -OCH3 is 1. The number of imide groups is 1. The molecule has 4 aliphatic heterocycles. The van der Waals surface area contributed by atoms with Crippen molar-refractivity contribution in [1.29, 1.82) is 0 Å². The summed E-state index contributed by atoms with van der Waals surface area (Å²) < 4.78 is 17.3. The minimum absolute atomic E-state index is 0.0670.